The van der Waals surface area contributed by atoms with Gasteiger partial charge in [-0.15, -0.1) is 46.7 Å². The maximum atomic E-state index is 12.5. The number of thiazole rings is 2. The van der Waals surface area contributed by atoms with E-state index in [4.69, 9.17) is 0 Å². The van der Waals surface area contributed by atoms with Gasteiger partial charge in [-0.1, -0.05) is 0 Å². The third-order valence-corrected chi connectivity index (χ3v) is 4.87. The molecule has 2 aromatic heterocycles. The summed E-state index contributed by atoms with van der Waals surface area (Å²) in [6.45, 7) is 2.86. The van der Waals surface area contributed by atoms with Crippen molar-refractivity contribution in [2.75, 3.05) is 13.6 Å². The van der Waals surface area contributed by atoms with E-state index in [1.54, 1.807) is 18.4 Å². The van der Waals surface area contributed by atoms with E-state index < -0.39 is 11.9 Å². The van der Waals surface area contributed by atoms with Gasteiger partial charge in [0.1, 0.15) is 5.01 Å². The maximum Gasteiger partial charge on any atom is 0.434 e. The van der Waals surface area contributed by atoms with E-state index in [0.29, 0.717) is 17.5 Å². The predicted octanol–water partition coefficient (Wildman–Crippen LogP) is 3.84. The van der Waals surface area contributed by atoms with Crippen LogP contribution < -0.4 is 10.6 Å². The van der Waals surface area contributed by atoms with E-state index in [0.717, 1.165) is 40.3 Å². The summed E-state index contributed by atoms with van der Waals surface area (Å²) in [7, 11) is 1.61. The molecule has 25 heavy (non-hydrogen) atoms. The molecular formula is C14H19F3IN5S2. The first kappa shape index (κ1) is 22.1. The minimum Gasteiger partial charge on any atom is -0.356 e. The van der Waals surface area contributed by atoms with Crippen LogP contribution in [0.15, 0.2) is 15.8 Å². The minimum atomic E-state index is -4.40. The van der Waals surface area contributed by atoms with E-state index in [1.807, 2.05) is 12.3 Å². The zero-order chi connectivity index (χ0) is 17.6. The van der Waals surface area contributed by atoms with Crippen LogP contribution in [-0.2, 0) is 19.1 Å². The normalized spacial score (nSPS) is 12.0. The van der Waals surface area contributed by atoms with Crippen molar-refractivity contribution >= 4 is 52.6 Å². The van der Waals surface area contributed by atoms with Gasteiger partial charge in [-0.05, 0) is 13.3 Å². The summed E-state index contributed by atoms with van der Waals surface area (Å²) in [6.07, 6.45) is -2.63. The number of rotatable bonds is 6. The molecule has 140 valence electrons. The Kier molecular flexibility index (Phi) is 9.07. The molecule has 2 aromatic rings. The first-order valence-corrected chi connectivity index (χ1v) is 9.01. The number of nitrogens with one attached hydrogen (secondary N) is 2. The highest BCUT2D eigenvalue weighted by Gasteiger charge is 2.33. The zero-order valence-electron chi connectivity index (χ0n) is 13.7. The Morgan fingerprint density at radius 2 is 1.88 bits per heavy atom. The van der Waals surface area contributed by atoms with Crippen LogP contribution >= 0.6 is 46.7 Å². The number of hydrogen-bond acceptors (Lipinski definition) is 5. The molecule has 0 aromatic carbocycles. The fraction of sp³-hybridized carbons (Fsp3) is 0.500. The average Bonchev–Trinajstić information content (AvgIpc) is 3.15. The lowest BCUT2D eigenvalue weighted by Gasteiger charge is -2.10. The third-order valence-electron chi connectivity index (χ3n) is 3.00. The summed E-state index contributed by atoms with van der Waals surface area (Å²) in [5, 5.41) is 10.6. The Labute approximate surface area is 169 Å². The summed E-state index contributed by atoms with van der Waals surface area (Å²) in [4.78, 5) is 12.0. The number of halogens is 4. The summed E-state index contributed by atoms with van der Waals surface area (Å²) >= 11 is 2.62. The molecule has 0 saturated carbocycles. The van der Waals surface area contributed by atoms with Crippen molar-refractivity contribution in [2.45, 2.75) is 32.5 Å². The van der Waals surface area contributed by atoms with Gasteiger partial charge in [-0.2, -0.15) is 13.2 Å². The fourth-order valence-corrected chi connectivity index (χ4v) is 3.42. The number of aromatic nitrogens is 2. The molecule has 0 radical (unpaired) electrons. The minimum absolute atomic E-state index is 0. The summed E-state index contributed by atoms with van der Waals surface area (Å²) in [5.41, 5.74) is 0.174. The number of hydrogen-bond donors (Lipinski definition) is 2. The topological polar surface area (TPSA) is 62.2 Å². The second-order valence-electron chi connectivity index (χ2n) is 4.96. The van der Waals surface area contributed by atoms with Crippen LogP contribution in [0.1, 0.15) is 27.8 Å². The third kappa shape index (κ3) is 7.44. The second-order valence-corrected chi connectivity index (χ2v) is 6.85. The number of guanidine groups is 1. The van der Waals surface area contributed by atoms with Crippen molar-refractivity contribution in [3.8, 4) is 0 Å². The molecule has 0 aliphatic heterocycles. The van der Waals surface area contributed by atoms with Crippen molar-refractivity contribution in [3.63, 3.8) is 0 Å². The Balaban J connectivity index is 0.00000312. The number of aryl methyl sites for hydroxylation is 2. The number of alkyl halides is 3. The van der Waals surface area contributed by atoms with E-state index in [2.05, 4.69) is 25.6 Å². The predicted molar refractivity (Wildman–Crippen MR) is 106 cm³/mol. The Bertz CT molecular complexity index is 684. The Morgan fingerprint density at radius 3 is 2.44 bits per heavy atom. The van der Waals surface area contributed by atoms with Gasteiger partial charge in [0.2, 0.25) is 0 Å². The van der Waals surface area contributed by atoms with Gasteiger partial charge in [0.15, 0.2) is 11.7 Å². The van der Waals surface area contributed by atoms with Crippen molar-refractivity contribution in [1.29, 1.82) is 0 Å². The van der Waals surface area contributed by atoms with Crippen LogP contribution in [-0.4, -0.2) is 29.5 Å². The molecule has 11 heteroatoms. The van der Waals surface area contributed by atoms with E-state index in [9.17, 15) is 13.2 Å². The van der Waals surface area contributed by atoms with Gasteiger partial charge in [-0.3, -0.25) is 4.99 Å². The van der Waals surface area contributed by atoms with Crippen LogP contribution in [0.2, 0.25) is 0 Å². The molecular weight excluding hydrogens is 486 g/mol. The maximum absolute atomic E-state index is 12.5. The molecule has 2 heterocycles. The highest BCUT2D eigenvalue weighted by molar-refractivity contribution is 14.0. The first-order valence-electron chi connectivity index (χ1n) is 7.25. The van der Waals surface area contributed by atoms with Gasteiger partial charge in [0, 0.05) is 36.5 Å². The molecule has 0 saturated heterocycles. The van der Waals surface area contributed by atoms with Crippen LogP contribution in [0.5, 0.6) is 0 Å². The highest BCUT2D eigenvalue weighted by Crippen LogP contribution is 2.29. The molecule has 0 bridgehead atoms. The van der Waals surface area contributed by atoms with E-state index in [1.165, 1.54) is 0 Å². The molecule has 0 fully saturated rings. The van der Waals surface area contributed by atoms with Crippen molar-refractivity contribution < 1.29 is 13.2 Å². The monoisotopic (exact) mass is 505 g/mol. The van der Waals surface area contributed by atoms with Crippen molar-refractivity contribution in [1.82, 2.24) is 20.6 Å². The lowest BCUT2D eigenvalue weighted by molar-refractivity contribution is -0.140. The lowest BCUT2D eigenvalue weighted by atomic mass is 10.3. The standard InChI is InChI=1S/C14H18F3N5S2.HI/c1-9-7-23-11(21-9)4-3-5-19-13(18-2)20-6-12-22-10(8-24-12)14(15,16)17;/h7-8H,3-6H2,1-2H3,(H2,18,19,20);1H. The molecule has 5 nitrogen and oxygen atoms in total. The largest absolute Gasteiger partial charge is 0.434 e. The van der Waals surface area contributed by atoms with Crippen LogP contribution in [0.4, 0.5) is 13.2 Å². The smallest absolute Gasteiger partial charge is 0.356 e. The molecule has 0 atom stereocenters. The summed E-state index contributed by atoms with van der Waals surface area (Å²) in [6, 6.07) is 0. The van der Waals surface area contributed by atoms with Gasteiger partial charge in [0.05, 0.1) is 11.6 Å². The lowest BCUT2D eigenvalue weighted by Crippen LogP contribution is -2.37. The molecule has 0 aliphatic carbocycles. The van der Waals surface area contributed by atoms with Crippen LogP contribution in [0, 0.1) is 6.92 Å². The zero-order valence-corrected chi connectivity index (χ0v) is 17.6. The van der Waals surface area contributed by atoms with Gasteiger partial charge < -0.3 is 10.6 Å². The van der Waals surface area contributed by atoms with E-state index in [-0.39, 0.29) is 30.5 Å². The van der Waals surface area contributed by atoms with Gasteiger partial charge in [-0.25, -0.2) is 9.97 Å². The molecule has 0 aliphatic rings. The van der Waals surface area contributed by atoms with Crippen LogP contribution in [0.3, 0.4) is 0 Å². The van der Waals surface area contributed by atoms with Gasteiger partial charge in [0.25, 0.3) is 0 Å². The highest BCUT2D eigenvalue weighted by atomic mass is 127. The van der Waals surface area contributed by atoms with Crippen LogP contribution in [0.25, 0.3) is 0 Å². The molecule has 0 unspecified atom stereocenters. The molecule has 2 N–H and O–H groups in total. The number of nitrogens with zero attached hydrogens (tertiary/aromatic N) is 3. The Hall–Kier alpha value is -0.950. The van der Waals surface area contributed by atoms with E-state index >= 15 is 0 Å². The van der Waals surface area contributed by atoms with Crippen molar-refractivity contribution in [3.05, 3.63) is 32.2 Å². The molecule has 0 amide bonds. The molecule has 0 spiro atoms. The molecule has 2 rings (SSSR count). The average molecular weight is 505 g/mol. The number of aliphatic imine (C=N–C) groups is 1. The second kappa shape index (κ2) is 10.3. The summed E-state index contributed by atoms with van der Waals surface area (Å²) < 4.78 is 37.5. The first-order chi connectivity index (χ1) is 11.4. The fourth-order valence-electron chi connectivity index (χ4n) is 1.87. The van der Waals surface area contributed by atoms with Crippen molar-refractivity contribution in [2.24, 2.45) is 4.99 Å². The Morgan fingerprint density at radius 1 is 1.16 bits per heavy atom. The summed E-state index contributed by atoms with van der Waals surface area (Å²) in [5.74, 6) is 0.536. The SMILES string of the molecule is CN=C(NCCCc1nc(C)cs1)NCc1nc(C(F)(F)F)cs1.I. The quantitative estimate of drug-likeness (QED) is 0.271. The van der Waals surface area contributed by atoms with Gasteiger partial charge >= 0.3 is 6.18 Å².